The third kappa shape index (κ3) is 4.56. The molecule has 0 radical (unpaired) electrons. The minimum atomic E-state index is 0.380. The fourth-order valence-corrected chi connectivity index (χ4v) is 6.77. The van der Waals surface area contributed by atoms with Crippen LogP contribution >= 0.6 is 0 Å². The molecule has 0 saturated heterocycles. The number of hydrogen-bond acceptors (Lipinski definition) is 6. The molecule has 0 amide bonds. The van der Waals surface area contributed by atoms with E-state index in [1.54, 1.807) is 0 Å². The number of benzene rings is 6. The lowest BCUT2D eigenvalue weighted by atomic mass is 10.1. The van der Waals surface area contributed by atoms with Crippen molar-refractivity contribution < 1.29 is 4.42 Å². The molecule has 10 aromatic rings. The average Bonchev–Trinajstić information content (AvgIpc) is 3.74. The second-order valence-corrected chi connectivity index (χ2v) is 12.1. The summed E-state index contributed by atoms with van der Waals surface area (Å²) < 4.78 is 8.64. The molecule has 0 saturated carbocycles. The third-order valence-corrected chi connectivity index (χ3v) is 9.08. The Balaban J connectivity index is 1.22. The van der Waals surface area contributed by atoms with Crippen molar-refractivity contribution in [3.63, 3.8) is 0 Å². The molecule has 4 aromatic heterocycles. The summed E-state index contributed by atoms with van der Waals surface area (Å²) in [7, 11) is 0. The Morgan fingerprint density at radius 3 is 1.76 bits per heavy atom. The zero-order chi connectivity index (χ0) is 33.0. The quantitative estimate of drug-likeness (QED) is 0.186. The highest BCUT2D eigenvalue weighted by Crippen LogP contribution is 2.37. The van der Waals surface area contributed by atoms with Crippen molar-refractivity contribution in [1.29, 1.82) is 0 Å². The molecule has 10 rings (SSSR count). The number of furan rings is 1. The van der Waals surface area contributed by atoms with Gasteiger partial charge in [-0.2, -0.15) is 0 Å². The second-order valence-electron chi connectivity index (χ2n) is 12.1. The lowest BCUT2D eigenvalue weighted by Gasteiger charge is -2.10. The van der Waals surface area contributed by atoms with Crippen LogP contribution in [0.2, 0.25) is 0 Å². The highest BCUT2D eigenvalue weighted by atomic mass is 16.3. The Labute approximate surface area is 286 Å². The molecule has 0 unspecified atom stereocenters. The summed E-state index contributed by atoms with van der Waals surface area (Å²) in [6.45, 7) is 0. The lowest BCUT2D eigenvalue weighted by molar-refractivity contribution is 0.667. The molecule has 0 spiro atoms. The van der Waals surface area contributed by atoms with Crippen LogP contribution in [0.3, 0.4) is 0 Å². The summed E-state index contributed by atoms with van der Waals surface area (Å²) in [4.78, 5) is 25.2. The van der Waals surface area contributed by atoms with E-state index in [4.69, 9.17) is 29.3 Å². The molecule has 7 heteroatoms. The number of rotatable bonds is 5. The van der Waals surface area contributed by atoms with Gasteiger partial charge in [-0.05, 0) is 48.5 Å². The maximum atomic E-state index is 6.34. The topological polar surface area (TPSA) is 82.5 Å². The lowest BCUT2D eigenvalue weighted by Crippen LogP contribution is -2.03. The van der Waals surface area contributed by atoms with Gasteiger partial charge in [-0.3, -0.25) is 0 Å². The summed E-state index contributed by atoms with van der Waals surface area (Å²) in [5.41, 5.74) is 8.76. The van der Waals surface area contributed by atoms with Gasteiger partial charge in [-0.15, -0.1) is 0 Å². The van der Waals surface area contributed by atoms with E-state index in [0.29, 0.717) is 40.1 Å². The Hall–Kier alpha value is -6.99. The van der Waals surface area contributed by atoms with Gasteiger partial charge >= 0.3 is 0 Å². The van der Waals surface area contributed by atoms with Gasteiger partial charge in [0.1, 0.15) is 16.8 Å². The highest BCUT2D eigenvalue weighted by molar-refractivity contribution is 6.10. The molecule has 0 aliphatic heterocycles. The van der Waals surface area contributed by atoms with Crippen molar-refractivity contribution in [2.45, 2.75) is 0 Å². The molecule has 0 aliphatic rings. The van der Waals surface area contributed by atoms with Crippen LogP contribution in [-0.2, 0) is 0 Å². The van der Waals surface area contributed by atoms with Crippen LogP contribution in [0.4, 0.5) is 0 Å². The average molecular weight is 643 g/mol. The number of hydrogen-bond donors (Lipinski definition) is 0. The van der Waals surface area contributed by atoms with Gasteiger partial charge in [0.25, 0.3) is 0 Å². The SMILES string of the molecule is c1ccc(-c2nc(-c3ccc4c(c3)c3ccccc3n4-c3ccccc3)nc(-c3nc(-c4ccccc4)c4oc5ccccc5c4n3)n2)cc1. The highest BCUT2D eigenvalue weighted by Gasteiger charge is 2.21. The molecule has 0 bridgehead atoms. The van der Waals surface area contributed by atoms with E-state index < -0.39 is 0 Å². The summed E-state index contributed by atoms with van der Waals surface area (Å²) in [5.74, 6) is 1.85. The molecular formula is C43H26N6O. The number of nitrogens with zero attached hydrogens (tertiary/aromatic N) is 6. The Morgan fingerprint density at radius 2 is 0.980 bits per heavy atom. The maximum Gasteiger partial charge on any atom is 0.201 e. The first-order chi connectivity index (χ1) is 24.8. The van der Waals surface area contributed by atoms with Gasteiger partial charge in [0.05, 0.1) is 11.0 Å². The predicted octanol–water partition coefficient (Wildman–Crippen LogP) is 10.3. The molecular weight excluding hydrogens is 617 g/mol. The fourth-order valence-electron chi connectivity index (χ4n) is 6.77. The molecule has 4 heterocycles. The number of para-hydroxylation sites is 3. The first kappa shape index (κ1) is 28.1. The summed E-state index contributed by atoms with van der Waals surface area (Å²) in [5, 5.41) is 3.17. The molecule has 50 heavy (non-hydrogen) atoms. The first-order valence-electron chi connectivity index (χ1n) is 16.4. The molecule has 234 valence electrons. The van der Waals surface area contributed by atoms with Crippen LogP contribution in [-0.4, -0.2) is 29.5 Å². The molecule has 0 aliphatic carbocycles. The van der Waals surface area contributed by atoms with E-state index in [9.17, 15) is 0 Å². The zero-order valence-electron chi connectivity index (χ0n) is 26.6. The fraction of sp³-hybridized carbons (Fsp3) is 0. The molecule has 7 nitrogen and oxygen atoms in total. The van der Waals surface area contributed by atoms with Gasteiger partial charge in [0.2, 0.25) is 5.82 Å². The molecule has 0 atom stereocenters. The number of aromatic nitrogens is 6. The van der Waals surface area contributed by atoms with E-state index in [1.807, 2.05) is 91.0 Å². The normalized spacial score (nSPS) is 11.6. The van der Waals surface area contributed by atoms with Crippen LogP contribution in [0.15, 0.2) is 162 Å². The van der Waals surface area contributed by atoms with Crippen molar-refractivity contribution in [2.24, 2.45) is 0 Å². The second kappa shape index (κ2) is 11.3. The van der Waals surface area contributed by atoms with E-state index >= 15 is 0 Å². The van der Waals surface area contributed by atoms with E-state index in [0.717, 1.165) is 55.2 Å². The molecule has 0 N–H and O–H groups in total. The summed E-state index contributed by atoms with van der Waals surface area (Å²) in [6.07, 6.45) is 0. The Bertz CT molecular complexity index is 2860. The smallest absolute Gasteiger partial charge is 0.201 e. The summed E-state index contributed by atoms with van der Waals surface area (Å²) in [6, 6.07) is 53.2. The van der Waals surface area contributed by atoms with Crippen molar-refractivity contribution >= 4 is 43.9 Å². The van der Waals surface area contributed by atoms with Gasteiger partial charge in [0, 0.05) is 38.5 Å². The number of fused-ring (bicyclic) bond motifs is 6. The standard InChI is InChI=1S/C43H26N6O/c1-4-14-27(15-5-1)37-39-38(32-21-11-13-23-36(32)50-39)45-42(44-37)43-47-40(28-16-6-2-7-17-28)46-41(48-43)29-24-25-35-33(26-29)31-20-10-12-22-34(31)49(35)30-18-8-3-9-19-30/h1-26H. The van der Waals surface area contributed by atoms with Crippen LogP contribution < -0.4 is 0 Å². The first-order valence-corrected chi connectivity index (χ1v) is 16.4. The van der Waals surface area contributed by atoms with Gasteiger partial charge in [0.15, 0.2) is 23.1 Å². The van der Waals surface area contributed by atoms with Crippen LogP contribution in [0.1, 0.15) is 0 Å². The van der Waals surface area contributed by atoms with E-state index in [2.05, 4.69) is 71.3 Å². The van der Waals surface area contributed by atoms with Crippen LogP contribution in [0.25, 0.3) is 95.2 Å². The van der Waals surface area contributed by atoms with Gasteiger partial charge in [-0.1, -0.05) is 109 Å². The van der Waals surface area contributed by atoms with Crippen molar-refractivity contribution in [2.75, 3.05) is 0 Å². The molecule has 0 fully saturated rings. The summed E-state index contributed by atoms with van der Waals surface area (Å²) >= 11 is 0. The van der Waals surface area contributed by atoms with Crippen LogP contribution in [0.5, 0.6) is 0 Å². The Morgan fingerprint density at radius 1 is 0.400 bits per heavy atom. The Kier molecular flexibility index (Phi) is 6.35. The van der Waals surface area contributed by atoms with Gasteiger partial charge in [-0.25, -0.2) is 24.9 Å². The van der Waals surface area contributed by atoms with Crippen molar-refractivity contribution in [3.05, 3.63) is 158 Å². The maximum absolute atomic E-state index is 6.34. The third-order valence-electron chi connectivity index (χ3n) is 9.08. The van der Waals surface area contributed by atoms with E-state index in [-0.39, 0.29) is 0 Å². The minimum absolute atomic E-state index is 0.380. The minimum Gasteiger partial charge on any atom is -0.452 e. The molecule has 6 aromatic carbocycles. The zero-order valence-corrected chi connectivity index (χ0v) is 26.6. The largest absolute Gasteiger partial charge is 0.452 e. The predicted molar refractivity (Wildman–Crippen MR) is 199 cm³/mol. The van der Waals surface area contributed by atoms with Gasteiger partial charge < -0.3 is 8.98 Å². The monoisotopic (exact) mass is 642 g/mol. The van der Waals surface area contributed by atoms with Crippen LogP contribution in [0, 0.1) is 0 Å². The van der Waals surface area contributed by atoms with Crippen molar-refractivity contribution in [1.82, 2.24) is 29.5 Å². The van der Waals surface area contributed by atoms with Crippen molar-refractivity contribution in [3.8, 4) is 51.4 Å². The van der Waals surface area contributed by atoms with E-state index in [1.165, 1.54) is 0 Å².